The molecule has 6 nitrogen and oxygen atoms in total. The summed E-state index contributed by atoms with van der Waals surface area (Å²) in [6.07, 6.45) is 4.35. The van der Waals surface area contributed by atoms with Crippen molar-refractivity contribution in [3.05, 3.63) is 0 Å². The van der Waals surface area contributed by atoms with Gasteiger partial charge in [-0.05, 0) is 0 Å². The summed E-state index contributed by atoms with van der Waals surface area (Å²) < 4.78 is 59.1. The van der Waals surface area contributed by atoms with Crippen molar-refractivity contribution in [2.45, 2.75) is 6.42 Å². The van der Waals surface area contributed by atoms with Gasteiger partial charge in [-0.25, -0.2) is 8.42 Å². The molecule has 0 aliphatic heterocycles. The van der Waals surface area contributed by atoms with Crippen molar-refractivity contribution in [3.8, 4) is 12.3 Å². The summed E-state index contributed by atoms with van der Waals surface area (Å²) in [5.41, 5.74) is 0. The standard InChI is InChI=1S/C8H11FO6S2/c1-2-4-15-8(10)3-5-16(11,12)6-7-17(9,13)14/h1H,3-7H2. The summed E-state index contributed by atoms with van der Waals surface area (Å²) in [5.74, 6) is -1.38. The van der Waals surface area contributed by atoms with Crippen LogP contribution in [0.1, 0.15) is 6.42 Å². The molecule has 0 rings (SSSR count). The monoisotopic (exact) mass is 286 g/mol. The van der Waals surface area contributed by atoms with Crippen molar-refractivity contribution in [2.75, 3.05) is 23.9 Å². The van der Waals surface area contributed by atoms with Gasteiger partial charge in [-0.3, -0.25) is 4.79 Å². The predicted molar refractivity (Wildman–Crippen MR) is 58.0 cm³/mol. The molecule has 0 aromatic heterocycles. The van der Waals surface area contributed by atoms with Crippen LogP contribution < -0.4 is 0 Å². The number of carbonyl (C=O) groups excluding carboxylic acids is 1. The fourth-order valence-electron chi connectivity index (χ4n) is 0.762. The lowest BCUT2D eigenvalue weighted by molar-refractivity contribution is -0.141. The SMILES string of the molecule is C#CCOC(=O)CCS(=O)(=O)CCS(=O)(=O)F. The zero-order valence-corrected chi connectivity index (χ0v) is 10.4. The van der Waals surface area contributed by atoms with E-state index in [1.54, 1.807) is 0 Å². The molecule has 0 aliphatic rings. The Labute approximate surface area is 99.3 Å². The zero-order chi connectivity index (χ0) is 13.5. The first kappa shape index (κ1) is 15.9. The van der Waals surface area contributed by atoms with Crippen LogP contribution >= 0.6 is 0 Å². The Morgan fingerprint density at radius 1 is 1.18 bits per heavy atom. The average Bonchev–Trinajstić information content (AvgIpc) is 2.20. The van der Waals surface area contributed by atoms with Crippen LogP contribution in [0.5, 0.6) is 0 Å². The Hall–Kier alpha value is -1.14. The van der Waals surface area contributed by atoms with Crippen LogP contribution in [-0.2, 0) is 29.6 Å². The van der Waals surface area contributed by atoms with Crippen LogP contribution in [0.15, 0.2) is 0 Å². The minimum atomic E-state index is -4.83. The lowest BCUT2D eigenvalue weighted by Crippen LogP contribution is -2.20. The number of carbonyl (C=O) groups is 1. The molecule has 9 heteroatoms. The molecule has 0 aliphatic carbocycles. The van der Waals surface area contributed by atoms with Crippen LogP contribution in [0, 0.1) is 12.3 Å². The van der Waals surface area contributed by atoms with Gasteiger partial charge in [0.1, 0.15) is 0 Å². The Morgan fingerprint density at radius 2 is 1.76 bits per heavy atom. The summed E-state index contributed by atoms with van der Waals surface area (Å²) in [6.45, 7) is -0.266. The number of ether oxygens (including phenoxy) is 1. The Kier molecular flexibility index (Phi) is 6.12. The number of terminal acetylenes is 1. The number of hydrogen-bond donors (Lipinski definition) is 0. The molecule has 0 fully saturated rings. The third-order valence-electron chi connectivity index (χ3n) is 1.57. The molecule has 0 amide bonds. The van der Waals surface area contributed by atoms with Crippen molar-refractivity contribution in [1.29, 1.82) is 0 Å². The maximum Gasteiger partial charge on any atom is 0.307 e. The molecule has 0 unspecified atom stereocenters. The highest BCUT2D eigenvalue weighted by Gasteiger charge is 2.18. The Bertz CT molecular complexity index is 499. The van der Waals surface area contributed by atoms with Gasteiger partial charge in [0, 0.05) is 0 Å². The molecule has 0 atom stereocenters. The van der Waals surface area contributed by atoms with E-state index in [2.05, 4.69) is 4.74 Å². The van der Waals surface area contributed by atoms with Gasteiger partial charge in [-0.2, -0.15) is 8.42 Å². The number of esters is 1. The van der Waals surface area contributed by atoms with Gasteiger partial charge in [0.15, 0.2) is 16.4 Å². The predicted octanol–water partition coefficient (Wildman–Crippen LogP) is -0.733. The molecule has 0 saturated carbocycles. The normalized spacial score (nSPS) is 11.8. The fourth-order valence-corrected chi connectivity index (χ4v) is 3.26. The third-order valence-corrected chi connectivity index (χ3v) is 4.17. The molecule has 0 radical (unpaired) electrons. The van der Waals surface area contributed by atoms with Crippen LogP contribution in [0.4, 0.5) is 3.89 Å². The second kappa shape index (κ2) is 6.56. The molecule has 0 aromatic rings. The molecular weight excluding hydrogens is 275 g/mol. The second-order valence-corrected chi connectivity index (χ2v) is 6.80. The maximum absolute atomic E-state index is 12.1. The van der Waals surface area contributed by atoms with Gasteiger partial charge >= 0.3 is 16.2 Å². The topological polar surface area (TPSA) is 94.6 Å². The van der Waals surface area contributed by atoms with E-state index in [9.17, 15) is 25.5 Å². The molecule has 0 saturated heterocycles. The molecule has 98 valence electrons. The minimum Gasteiger partial charge on any atom is -0.452 e. The van der Waals surface area contributed by atoms with Gasteiger partial charge in [-0.1, -0.05) is 5.92 Å². The molecule has 0 N–H and O–H groups in total. The first-order valence-electron chi connectivity index (χ1n) is 4.38. The summed E-state index contributed by atoms with van der Waals surface area (Å²) in [7, 11) is -8.64. The molecule has 0 heterocycles. The van der Waals surface area contributed by atoms with Crippen LogP contribution in [-0.4, -0.2) is 46.7 Å². The third kappa shape index (κ3) is 9.77. The summed E-state index contributed by atoms with van der Waals surface area (Å²) in [6, 6.07) is 0. The fraction of sp³-hybridized carbons (Fsp3) is 0.625. The van der Waals surface area contributed by atoms with E-state index >= 15 is 0 Å². The smallest absolute Gasteiger partial charge is 0.307 e. The average molecular weight is 286 g/mol. The van der Waals surface area contributed by atoms with E-state index in [0.29, 0.717) is 0 Å². The van der Waals surface area contributed by atoms with Crippen molar-refractivity contribution < 1.29 is 30.3 Å². The van der Waals surface area contributed by atoms with E-state index < -0.39 is 49.7 Å². The van der Waals surface area contributed by atoms with E-state index in [1.807, 2.05) is 5.92 Å². The van der Waals surface area contributed by atoms with Gasteiger partial charge in [-0.15, -0.1) is 10.3 Å². The van der Waals surface area contributed by atoms with E-state index in [0.717, 1.165) is 0 Å². The van der Waals surface area contributed by atoms with E-state index in [1.165, 1.54) is 0 Å². The summed E-state index contributed by atoms with van der Waals surface area (Å²) in [4.78, 5) is 10.9. The molecule has 0 aromatic carbocycles. The number of hydrogen-bond acceptors (Lipinski definition) is 6. The second-order valence-electron chi connectivity index (χ2n) is 3.01. The van der Waals surface area contributed by atoms with Crippen molar-refractivity contribution >= 4 is 26.0 Å². The molecule has 0 spiro atoms. The quantitative estimate of drug-likeness (QED) is 0.348. The number of rotatable bonds is 7. The van der Waals surface area contributed by atoms with Crippen LogP contribution in [0.2, 0.25) is 0 Å². The lowest BCUT2D eigenvalue weighted by atomic mass is 10.5. The van der Waals surface area contributed by atoms with Gasteiger partial charge in [0.2, 0.25) is 0 Å². The largest absolute Gasteiger partial charge is 0.452 e. The number of halogens is 1. The van der Waals surface area contributed by atoms with Crippen molar-refractivity contribution in [2.24, 2.45) is 0 Å². The van der Waals surface area contributed by atoms with Gasteiger partial charge < -0.3 is 4.74 Å². The summed E-state index contributed by atoms with van der Waals surface area (Å²) >= 11 is 0. The highest BCUT2D eigenvalue weighted by atomic mass is 32.3. The molecule has 17 heavy (non-hydrogen) atoms. The Morgan fingerprint density at radius 3 is 2.24 bits per heavy atom. The Balaban J connectivity index is 4.12. The van der Waals surface area contributed by atoms with Crippen molar-refractivity contribution in [3.63, 3.8) is 0 Å². The highest BCUT2D eigenvalue weighted by molar-refractivity contribution is 7.93. The van der Waals surface area contributed by atoms with Crippen LogP contribution in [0.3, 0.4) is 0 Å². The first-order valence-corrected chi connectivity index (χ1v) is 7.75. The molecular formula is C8H11FO6S2. The maximum atomic E-state index is 12.1. The minimum absolute atomic E-state index is 0.266. The van der Waals surface area contributed by atoms with Crippen LogP contribution in [0.25, 0.3) is 0 Å². The lowest BCUT2D eigenvalue weighted by Gasteiger charge is -2.02. The first-order chi connectivity index (χ1) is 7.66. The van der Waals surface area contributed by atoms with Gasteiger partial charge in [0.05, 0.1) is 23.7 Å². The number of sulfone groups is 1. The molecule has 0 bridgehead atoms. The van der Waals surface area contributed by atoms with E-state index in [-0.39, 0.29) is 6.61 Å². The highest BCUT2D eigenvalue weighted by Crippen LogP contribution is 2.00. The zero-order valence-electron chi connectivity index (χ0n) is 8.76. The van der Waals surface area contributed by atoms with Crippen molar-refractivity contribution in [1.82, 2.24) is 0 Å². The van der Waals surface area contributed by atoms with E-state index in [4.69, 9.17) is 6.42 Å². The summed E-state index contributed by atoms with van der Waals surface area (Å²) in [5, 5.41) is 0. The van der Waals surface area contributed by atoms with Gasteiger partial charge in [0.25, 0.3) is 0 Å².